The summed E-state index contributed by atoms with van der Waals surface area (Å²) in [5, 5.41) is 3.32. The van der Waals surface area contributed by atoms with Crippen LogP contribution in [-0.4, -0.2) is 27.2 Å². The Morgan fingerprint density at radius 2 is 1.71 bits per heavy atom. The Balaban J connectivity index is 1.58. The summed E-state index contributed by atoms with van der Waals surface area (Å²) in [5.41, 5.74) is 0.965. The SMILES string of the molecule is CSc1cccc(NC(=O)COc2ccc(S(=O)(=O)Nc3ccc(Cl)c(Cl)c3)cc2)c1. The molecule has 1 amide bonds. The number of amides is 1. The van der Waals surface area contributed by atoms with Crippen LogP contribution in [0.1, 0.15) is 0 Å². The smallest absolute Gasteiger partial charge is 0.262 e. The van der Waals surface area contributed by atoms with Gasteiger partial charge in [0.15, 0.2) is 6.61 Å². The molecular weight excluding hydrogens is 479 g/mol. The minimum atomic E-state index is -3.83. The van der Waals surface area contributed by atoms with E-state index in [-0.39, 0.29) is 28.1 Å². The van der Waals surface area contributed by atoms with Crippen LogP contribution in [0.15, 0.2) is 76.5 Å². The summed E-state index contributed by atoms with van der Waals surface area (Å²) in [6.07, 6.45) is 1.95. The van der Waals surface area contributed by atoms with E-state index in [9.17, 15) is 13.2 Å². The van der Waals surface area contributed by atoms with Crippen LogP contribution in [0.25, 0.3) is 0 Å². The zero-order chi connectivity index (χ0) is 22.4. The van der Waals surface area contributed by atoms with Crippen molar-refractivity contribution in [1.29, 1.82) is 0 Å². The maximum Gasteiger partial charge on any atom is 0.262 e. The molecule has 0 heterocycles. The third kappa shape index (κ3) is 6.54. The molecule has 0 aliphatic rings. The topological polar surface area (TPSA) is 84.5 Å². The fraction of sp³-hybridized carbons (Fsp3) is 0.0952. The van der Waals surface area contributed by atoms with E-state index in [1.54, 1.807) is 17.8 Å². The van der Waals surface area contributed by atoms with Crippen LogP contribution in [0.5, 0.6) is 5.75 Å². The molecule has 0 aliphatic carbocycles. The lowest BCUT2D eigenvalue weighted by Crippen LogP contribution is -2.20. The van der Waals surface area contributed by atoms with Gasteiger partial charge in [0.1, 0.15) is 5.75 Å². The number of hydrogen-bond acceptors (Lipinski definition) is 5. The van der Waals surface area contributed by atoms with Gasteiger partial charge in [-0.1, -0.05) is 29.3 Å². The molecule has 0 aromatic heterocycles. The van der Waals surface area contributed by atoms with Crippen molar-refractivity contribution in [1.82, 2.24) is 0 Å². The second kappa shape index (κ2) is 10.3. The Morgan fingerprint density at radius 1 is 0.968 bits per heavy atom. The van der Waals surface area contributed by atoms with Gasteiger partial charge >= 0.3 is 0 Å². The van der Waals surface area contributed by atoms with Gasteiger partial charge in [-0.3, -0.25) is 9.52 Å². The van der Waals surface area contributed by atoms with Gasteiger partial charge in [-0.25, -0.2) is 8.42 Å². The predicted octanol–water partition coefficient (Wildman–Crippen LogP) is 5.53. The van der Waals surface area contributed by atoms with E-state index in [0.717, 1.165) is 4.90 Å². The number of halogens is 2. The summed E-state index contributed by atoms with van der Waals surface area (Å²) in [7, 11) is -3.83. The zero-order valence-corrected chi connectivity index (χ0v) is 19.4. The van der Waals surface area contributed by atoms with Gasteiger partial charge < -0.3 is 10.1 Å². The van der Waals surface area contributed by atoms with Crippen LogP contribution >= 0.6 is 35.0 Å². The van der Waals surface area contributed by atoms with Crippen LogP contribution in [-0.2, 0) is 14.8 Å². The van der Waals surface area contributed by atoms with Crippen molar-refractivity contribution < 1.29 is 17.9 Å². The molecule has 31 heavy (non-hydrogen) atoms. The number of rotatable bonds is 8. The molecular formula is C21H18Cl2N2O4S2. The number of nitrogens with one attached hydrogen (secondary N) is 2. The van der Waals surface area contributed by atoms with Crippen molar-refractivity contribution in [2.45, 2.75) is 9.79 Å². The molecule has 0 radical (unpaired) electrons. The van der Waals surface area contributed by atoms with Crippen molar-refractivity contribution in [2.75, 3.05) is 22.9 Å². The lowest BCUT2D eigenvalue weighted by atomic mass is 10.3. The van der Waals surface area contributed by atoms with Gasteiger partial charge in [-0.15, -0.1) is 11.8 Å². The Hall–Kier alpha value is -2.39. The maximum absolute atomic E-state index is 12.5. The first-order valence-corrected chi connectivity index (χ1v) is 12.4. The molecule has 3 aromatic carbocycles. The number of hydrogen-bond donors (Lipinski definition) is 2. The second-order valence-electron chi connectivity index (χ2n) is 6.27. The van der Waals surface area contributed by atoms with Crippen LogP contribution in [0, 0.1) is 0 Å². The third-order valence-corrected chi connectivity index (χ3v) is 6.89. The molecule has 0 bridgehead atoms. The van der Waals surface area contributed by atoms with Gasteiger partial charge in [-0.2, -0.15) is 0 Å². The van der Waals surface area contributed by atoms with Crippen molar-refractivity contribution in [2.24, 2.45) is 0 Å². The van der Waals surface area contributed by atoms with Crippen molar-refractivity contribution in [3.8, 4) is 5.75 Å². The summed E-state index contributed by atoms with van der Waals surface area (Å²) >= 11 is 13.3. The van der Waals surface area contributed by atoms with Crippen molar-refractivity contribution >= 4 is 62.3 Å². The first kappa shape index (κ1) is 23.3. The predicted molar refractivity (Wildman–Crippen MR) is 126 cm³/mol. The molecule has 0 saturated carbocycles. The van der Waals surface area contributed by atoms with Crippen LogP contribution in [0.3, 0.4) is 0 Å². The second-order valence-corrected chi connectivity index (χ2v) is 9.65. The molecule has 0 spiro atoms. The standard InChI is InChI=1S/C21H18Cl2N2O4S2/c1-30-17-4-2-3-14(11-17)24-21(26)13-29-16-6-8-18(9-7-16)31(27,28)25-15-5-10-19(22)20(23)12-15/h2-12,25H,13H2,1H3,(H,24,26). The highest BCUT2D eigenvalue weighted by Gasteiger charge is 2.15. The van der Waals surface area contributed by atoms with Crippen LogP contribution in [0.4, 0.5) is 11.4 Å². The average molecular weight is 497 g/mol. The number of anilines is 2. The molecule has 0 saturated heterocycles. The average Bonchev–Trinajstić information content (AvgIpc) is 2.75. The van der Waals surface area contributed by atoms with Crippen LogP contribution in [0.2, 0.25) is 10.0 Å². The van der Waals surface area contributed by atoms with E-state index < -0.39 is 10.0 Å². The molecule has 6 nitrogen and oxygen atoms in total. The third-order valence-electron chi connectivity index (χ3n) is 4.03. The van der Waals surface area contributed by atoms with Crippen LogP contribution < -0.4 is 14.8 Å². The molecule has 10 heteroatoms. The molecule has 3 aromatic rings. The monoisotopic (exact) mass is 496 g/mol. The van der Waals surface area contributed by atoms with Crippen molar-refractivity contribution in [3.63, 3.8) is 0 Å². The highest BCUT2D eigenvalue weighted by molar-refractivity contribution is 7.98. The summed E-state index contributed by atoms with van der Waals surface area (Å²) in [6.45, 7) is -0.211. The highest BCUT2D eigenvalue weighted by atomic mass is 35.5. The van der Waals surface area contributed by atoms with Gasteiger partial charge in [0, 0.05) is 10.6 Å². The molecule has 3 rings (SSSR count). The van der Waals surface area contributed by atoms with E-state index >= 15 is 0 Å². The summed E-state index contributed by atoms with van der Waals surface area (Å²) in [5.74, 6) is 0.0396. The van der Waals surface area contributed by atoms with E-state index in [4.69, 9.17) is 27.9 Å². The molecule has 0 atom stereocenters. The normalized spacial score (nSPS) is 11.1. The fourth-order valence-corrected chi connectivity index (χ4v) is 4.34. The van der Waals surface area contributed by atoms with Gasteiger partial charge in [-0.05, 0) is 66.9 Å². The van der Waals surface area contributed by atoms with E-state index in [1.807, 2.05) is 24.5 Å². The Morgan fingerprint density at radius 3 is 2.39 bits per heavy atom. The highest BCUT2D eigenvalue weighted by Crippen LogP contribution is 2.27. The Bertz CT molecular complexity index is 1190. The molecule has 0 aliphatic heterocycles. The minimum Gasteiger partial charge on any atom is -0.484 e. The Labute approximate surface area is 195 Å². The molecule has 0 unspecified atom stereocenters. The number of carbonyl (C=O) groups excluding carboxylic acids is 1. The lowest BCUT2D eigenvalue weighted by Gasteiger charge is -2.11. The minimum absolute atomic E-state index is 0.0317. The molecule has 0 fully saturated rings. The number of sulfonamides is 1. The van der Waals surface area contributed by atoms with Gasteiger partial charge in [0.2, 0.25) is 0 Å². The summed E-state index contributed by atoms with van der Waals surface area (Å²) in [4.78, 5) is 13.2. The number of benzene rings is 3. The van der Waals surface area contributed by atoms with E-state index in [1.165, 1.54) is 42.5 Å². The first-order chi connectivity index (χ1) is 14.8. The summed E-state index contributed by atoms with van der Waals surface area (Å²) in [6, 6.07) is 17.6. The van der Waals surface area contributed by atoms with E-state index in [0.29, 0.717) is 16.5 Å². The van der Waals surface area contributed by atoms with Crippen molar-refractivity contribution in [3.05, 3.63) is 76.8 Å². The van der Waals surface area contributed by atoms with Gasteiger partial charge in [0.05, 0.1) is 20.6 Å². The zero-order valence-electron chi connectivity index (χ0n) is 16.3. The van der Waals surface area contributed by atoms with Gasteiger partial charge in [0.25, 0.3) is 15.9 Å². The summed E-state index contributed by atoms with van der Waals surface area (Å²) < 4.78 is 33.0. The number of carbonyl (C=O) groups is 1. The fourth-order valence-electron chi connectivity index (χ4n) is 2.54. The largest absolute Gasteiger partial charge is 0.484 e. The quantitative estimate of drug-likeness (QED) is 0.400. The first-order valence-electron chi connectivity index (χ1n) is 8.91. The lowest BCUT2D eigenvalue weighted by molar-refractivity contribution is -0.118. The molecule has 2 N–H and O–H groups in total. The Kier molecular flexibility index (Phi) is 7.72. The number of thioether (sulfide) groups is 1. The number of ether oxygens (including phenoxy) is 1. The molecule has 162 valence electrons. The van der Waals surface area contributed by atoms with E-state index in [2.05, 4.69) is 10.0 Å². The maximum atomic E-state index is 12.5.